The van der Waals surface area contributed by atoms with E-state index in [2.05, 4.69) is 36.5 Å². The van der Waals surface area contributed by atoms with Gasteiger partial charge in [0.25, 0.3) is 0 Å². The lowest BCUT2D eigenvalue weighted by Crippen LogP contribution is -2.40. The van der Waals surface area contributed by atoms with Crippen molar-refractivity contribution < 1.29 is 36.6 Å². The largest absolute Gasteiger partial charge is 0.439 e. The van der Waals surface area contributed by atoms with Crippen molar-refractivity contribution in [2.24, 2.45) is 0 Å². The number of carbonyl (C=O) groups is 2. The minimum absolute atomic E-state index is 0.0460. The summed E-state index contributed by atoms with van der Waals surface area (Å²) in [5.41, 5.74) is 14.6. The van der Waals surface area contributed by atoms with E-state index in [-0.39, 0.29) is 64.3 Å². The smallest absolute Gasteiger partial charge is 0.416 e. The molecule has 2 aliphatic rings. The maximum Gasteiger partial charge on any atom is 0.416 e. The summed E-state index contributed by atoms with van der Waals surface area (Å²) in [4.78, 5) is 55.7. The number of para-hydroxylation sites is 1. The predicted molar refractivity (Wildman–Crippen MR) is 253 cm³/mol. The van der Waals surface area contributed by atoms with Gasteiger partial charge in [0.15, 0.2) is 11.3 Å². The van der Waals surface area contributed by atoms with Gasteiger partial charge in [0, 0.05) is 67.9 Å². The minimum atomic E-state index is -4.47. The number of hydrogen-bond donors (Lipinski definition) is 2. The molecule has 2 saturated heterocycles. The molecule has 4 N–H and O–H groups in total. The average molecular weight is 967 g/mol. The number of anilines is 2. The van der Waals surface area contributed by atoms with Gasteiger partial charge in [-0.15, -0.1) is 0 Å². The van der Waals surface area contributed by atoms with Crippen molar-refractivity contribution in [3.63, 3.8) is 0 Å². The van der Waals surface area contributed by atoms with Crippen molar-refractivity contribution in [2.45, 2.75) is 43.9 Å². The number of benzene rings is 2. The summed E-state index contributed by atoms with van der Waals surface area (Å²) in [6.07, 6.45) is 8.11. The van der Waals surface area contributed by atoms with Crippen LogP contribution in [-0.4, -0.2) is 97.3 Å². The van der Waals surface area contributed by atoms with E-state index in [9.17, 15) is 22.8 Å². The molecule has 2 atom stereocenters. The van der Waals surface area contributed by atoms with Crippen LogP contribution in [0.1, 0.15) is 48.9 Å². The third-order valence-corrected chi connectivity index (χ3v) is 12.4. The molecule has 360 valence electrons. The third kappa shape index (κ3) is 9.25. The number of pyridine rings is 2. The number of ether oxygens (including phenoxy) is 2. The molecule has 71 heavy (non-hydrogen) atoms. The van der Waals surface area contributed by atoms with Gasteiger partial charge in [0.1, 0.15) is 53.0 Å². The molecule has 0 saturated carbocycles. The number of piperidine rings is 2. The lowest BCUT2D eigenvalue weighted by Gasteiger charge is -2.32. The lowest BCUT2D eigenvalue weighted by molar-refractivity contribution is -0.137. The van der Waals surface area contributed by atoms with E-state index in [1.165, 1.54) is 49.3 Å². The van der Waals surface area contributed by atoms with Crippen molar-refractivity contribution >= 4 is 51.6 Å². The van der Waals surface area contributed by atoms with Gasteiger partial charge in [-0.05, 0) is 74.2 Å². The first-order chi connectivity index (χ1) is 34.3. The van der Waals surface area contributed by atoms with Gasteiger partial charge in [-0.3, -0.25) is 9.59 Å². The molecule has 0 bridgehead atoms. The molecule has 0 radical (unpaired) electrons. The molecule has 0 spiro atoms. The Morgan fingerprint density at radius 3 is 1.96 bits per heavy atom. The Hall–Kier alpha value is -8.82. The highest BCUT2D eigenvalue weighted by atomic mass is 19.4. The molecule has 22 heteroatoms. The maximum atomic E-state index is 16.2. The van der Waals surface area contributed by atoms with Gasteiger partial charge in [0.2, 0.25) is 23.6 Å². The SMILES string of the molecule is C=CC(=O)N1CCC[C@@H](n2nc(-c3cnc(Oc4ccccc4/C=C/C(=O)N4CCC[C@@H](n5nc(-c6ccc(Oc7ccc(C(F)(F)F)cc7)nc6)c6c(N)ncnc65)C4)cc3F)c3c(N)ncnc32)C1. The number of alkyl halides is 3. The van der Waals surface area contributed by atoms with E-state index in [1.807, 2.05) is 0 Å². The number of halogens is 4. The van der Waals surface area contributed by atoms with Crippen LogP contribution >= 0.6 is 0 Å². The first-order valence-corrected chi connectivity index (χ1v) is 22.4. The Bertz CT molecular complexity index is 3360. The Morgan fingerprint density at radius 1 is 0.718 bits per heavy atom. The molecule has 8 heterocycles. The van der Waals surface area contributed by atoms with E-state index in [4.69, 9.17) is 31.1 Å². The standard InChI is InChI=1S/C49H42F4N14O4/c1-2-39(68)64-19-5-8-31(24-64)67-48-42(46(55)59-27-61-48)44(63-67)34-23-57-38(21-35(34)50)71-36-10-4-3-7-28(36)12-18-40(69)65-20-6-9-32(25-65)66-47-41(45(54)58-26-60-47)43(62-66)29-11-17-37(56-22-29)70-33-15-13-30(14-16-33)49(51,52)53/h2-4,7,10-18,21-23,26-27,31-32H,1,5-6,8-9,19-20,24-25H2,(H2,54,58,60)(H2,55,59,61)/b18-12+/t31-,32-/m1/s1. The molecule has 8 aromatic rings. The molecule has 2 fully saturated rings. The van der Waals surface area contributed by atoms with Crippen molar-refractivity contribution in [2.75, 3.05) is 37.6 Å². The zero-order valence-corrected chi connectivity index (χ0v) is 37.6. The number of nitrogen functional groups attached to an aromatic ring is 2. The van der Waals surface area contributed by atoms with Crippen LogP contribution in [0, 0.1) is 5.82 Å². The second kappa shape index (κ2) is 18.9. The van der Waals surface area contributed by atoms with Gasteiger partial charge in [0.05, 0.1) is 34.0 Å². The summed E-state index contributed by atoms with van der Waals surface area (Å²) < 4.78 is 70.5. The number of nitrogens with zero attached hydrogens (tertiary/aromatic N) is 12. The van der Waals surface area contributed by atoms with Crippen LogP contribution < -0.4 is 20.9 Å². The number of nitrogens with two attached hydrogens (primary N) is 2. The molecule has 2 amide bonds. The third-order valence-electron chi connectivity index (χ3n) is 12.4. The van der Waals surface area contributed by atoms with Crippen LogP contribution in [0.25, 0.3) is 50.7 Å². The fraction of sp³-hybridized carbons (Fsp3) is 0.224. The monoisotopic (exact) mass is 966 g/mol. The summed E-state index contributed by atoms with van der Waals surface area (Å²) in [5.74, 6) is -0.253. The fourth-order valence-electron chi connectivity index (χ4n) is 8.88. The zero-order valence-electron chi connectivity index (χ0n) is 37.6. The first kappa shape index (κ1) is 45.9. The number of amides is 2. The van der Waals surface area contributed by atoms with Crippen molar-refractivity contribution in [1.82, 2.24) is 59.3 Å². The van der Waals surface area contributed by atoms with Crippen LogP contribution in [0.4, 0.5) is 29.2 Å². The quantitative estimate of drug-likeness (QED) is 0.0921. The number of fused-ring (bicyclic) bond motifs is 2. The first-order valence-electron chi connectivity index (χ1n) is 22.4. The summed E-state index contributed by atoms with van der Waals surface area (Å²) in [7, 11) is 0. The molecule has 2 aliphatic heterocycles. The van der Waals surface area contributed by atoms with Crippen molar-refractivity contribution in [3.8, 4) is 45.8 Å². The van der Waals surface area contributed by atoms with Gasteiger partial charge in [-0.25, -0.2) is 43.7 Å². The predicted octanol–water partition coefficient (Wildman–Crippen LogP) is 8.22. The summed E-state index contributed by atoms with van der Waals surface area (Å²) in [5, 5.41) is 10.5. The second-order valence-electron chi connectivity index (χ2n) is 16.9. The van der Waals surface area contributed by atoms with Crippen LogP contribution in [0.3, 0.4) is 0 Å². The number of rotatable bonds is 11. The van der Waals surface area contributed by atoms with Crippen LogP contribution in [0.15, 0.2) is 111 Å². The van der Waals surface area contributed by atoms with Gasteiger partial charge in [-0.2, -0.15) is 23.4 Å². The van der Waals surface area contributed by atoms with E-state index in [1.54, 1.807) is 61.6 Å². The number of carbonyl (C=O) groups excluding carboxylic acids is 2. The summed E-state index contributed by atoms with van der Waals surface area (Å²) in [6, 6.07) is 15.1. The molecule has 6 aromatic heterocycles. The molecular formula is C49H42F4N14O4. The van der Waals surface area contributed by atoms with Gasteiger partial charge < -0.3 is 30.7 Å². The molecule has 18 nitrogen and oxygen atoms in total. The zero-order chi connectivity index (χ0) is 49.4. The Labute approximate surface area is 401 Å². The number of aromatic nitrogens is 10. The maximum absolute atomic E-state index is 16.2. The van der Waals surface area contributed by atoms with Crippen LogP contribution in [0.5, 0.6) is 23.3 Å². The highest BCUT2D eigenvalue weighted by molar-refractivity contribution is 5.99. The van der Waals surface area contributed by atoms with E-state index < -0.39 is 17.6 Å². The average Bonchev–Trinajstić information content (AvgIpc) is 3.97. The van der Waals surface area contributed by atoms with Crippen LogP contribution in [-0.2, 0) is 15.8 Å². The highest BCUT2D eigenvalue weighted by Crippen LogP contribution is 2.38. The van der Waals surface area contributed by atoms with E-state index in [0.29, 0.717) is 90.1 Å². The van der Waals surface area contributed by atoms with E-state index >= 15 is 4.39 Å². The van der Waals surface area contributed by atoms with Crippen molar-refractivity contribution in [1.29, 1.82) is 0 Å². The van der Waals surface area contributed by atoms with Gasteiger partial charge >= 0.3 is 6.18 Å². The molecule has 2 aromatic carbocycles. The lowest BCUT2D eigenvalue weighted by atomic mass is 10.1. The summed E-state index contributed by atoms with van der Waals surface area (Å²) in [6.45, 7) is 5.34. The molecule has 0 aliphatic carbocycles. The topological polar surface area (TPSA) is 224 Å². The molecule has 0 unspecified atom stereocenters. The Balaban J connectivity index is 0.837. The van der Waals surface area contributed by atoms with Crippen molar-refractivity contribution in [3.05, 3.63) is 127 Å². The summed E-state index contributed by atoms with van der Waals surface area (Å²) >= 11 is 0. The Morgan fingerprint density at radius 2 is 1.34 bits per heavy atom. The minimum Gasteiger partial charge on any atom is -0.439 e. The normalized spacial score (nSPS) is 16.5. The fourth-order valence-corrected chi connectivity index (χ4v) is 8.88. The Kier molecular flexibility index (Phi) is 12.2. The van der Waals surface area contributed by atoms with E-state index in [0.717, 1.165) is 24.6 Å². The molecular weight excluding hydrogens is 925 g/mol. The van der Waals surface area contributed by atoms with Gasteiger partial charge in [-0.1, -0.05) is 24.8 Å². The number of likely N-dealkylation sites (tertiary alicyclic amines) is 2. The number of hydrogen-bond acceptors (Lipinski definition) is 14. The highest BCUT2D eigenvalue weighted by Gasteiger charge is 2.32. The van der Waals surface area contributed by atoms with Crippen LogP contribution in [0.2, 0.25) is 0 Å². The molecule has 10 rings (SSSR count). The second-order valence-corrected chi connectivity index (χ2v) is 16.9.